The minimum absolute atomic E-state index is 0.162. The summed E-state index contributed by atoms with van der Waals surface area (Å²) in [6, 6.07) is 13.4. The van der Waals surface area contributed by atoms with Crippen LogP contribution in [0, 0.1) is 11.6 Å². The summed E-state index contributed by atoms with van der Waals surface area (Å²) in [7, 11) is 0. The van der Waals surface area contributed by atoms with Crippen LogP contribution >= 0.6 is 0 Å². The zero-order chi connectivity index (χ0) is 20.2. The van der Waals surface area contributed by atoms with E-state index in [0.717, 1.165) is 38.3 Å². The molecule has 0 atom stereocenters. The van der Waals surface area contributed by atoms with Crippen molar-refractivity contribution < 1.29 is 13.6 Å². The molecule has 29 heavy (non-hydrogen) atoms. The van der Waals surface area contributed by atoms with Crippen LogP contribution in [0.15, 0.2) is 60.9 Å². The average molecular weight is 395 g/mol. The summed E-state index contributed by atoms with van der Waals surface area (Å²) < 4.78 is 26.3. The Labute approximate surface area is 166 Å². The molecular formula is C21H19F2N5O. The predicted molar refractivity (Wildman–Crippen MR) is 107 cm³/mol. The highest BCUT2D eigenvalue weighted by Crippen LogP contribution is 2.18. The number of hydrogen-bond donors (Lipinski definition) is 1. The molecule has 1 amide bonds. The second-order valence-electron chi connectivity index (χ2n) is 6.66. The molecular weight excluding hydrogens is 376 g/mol. The van der Waals surface area contributed by atoms with E-state index in [1.54, 1.807) is 0 Å². The molecule has 1 aromatic heterocycles. The van der Waals surface area contributed by atoms with Crippen molar-refractivity contribution in [2.45, 2.75) is 0 Å². The minimum Gasteiger partial charge on any atom is -0.368 e. The van der Waals surface area contributed by atoms with Crippen LogP contribution in [0.4, 0.5) is 26.1 Å². The van der Waals surface area contributed by atoms with E-state index in [9.17, 15) is 13.6 Å². The fourth-order valence-electron chi connectivity index (χ4n) is 3.18. The summed E-state index contributed by atoms with van der Waals surface area (Å²) in [5.74, 6) is -1.93. The van der Waals surface area contributed by atoms with Crippen molar-refractivity contribution in [3.8, 4) is 0 Å². The molecule has 0 unspecified atom stereocenters. The van der Waals surface area contributed by atoms with Gasteiger partial charge < -0.3 is 15.1 Å². The molecule has 3 aromatic rings. The number of nitrogens with one attached hydrogen (secondary N) is 1. The molecule has 0 spiro atoms. The van der Waals surface area contributed by atoms with E-state index in [0.29, 0.717) is 5.95 Å². The van der Waals surface area contributed by atoms with Crippen molar-refractivity contribution in [2.24, 2.45) is 0 Å². The molecule has 2 aromatic carbocycles. The van der Waals surface area contributed by atoms with Crippen LogP contribution < -0.4 is 15.1 Å². The largest absolute Gasteiger partial charge is 0.368 e. The van der Waals surface area contributed by atoms with Crippen molar-refractivity contribution in [2.75, 3.05) is 41.3 Å². The third kappa shape index (κ3) is 4.31. The molecule has 0 aliphatic carbocycles. The number of rotatable bonds is 4. The molecule has 0 saturated carbocycles. The molecule has 0 radical (unpaired) electrons. The zero-order valence-corrected chi connectivity index (χ0v) is 15.6. The standard InChI is InChI=1S/C21H19F2N5O/c22-18-7-6-16(12-19(18)23)26-20(29)15-13-24-21(25-14-15)28-10-8-27(9-11-28)17-4-2-1-3-5-17/h1-7,12-14H,8-11H2,(H,26,29). The van der Waals surface area contributed by atoms with Gasteiger partial charge >= 0.3 is 0 Å². The Morgan fingerprint density at radius 3 is 2.17 bits per heavy atom. The fraction of sp³-hybridized carbons (Fsp3) is 0.190. The maximum absolute atomic E-state index is 13.3. The second kappa shape index (κ2) is 8.22. The van der Waals surface area contributed by atoms with Crippen molar-refractivity contribution in [3.05, 3.63) is 78.1 Å². The van der Waals surface area contributed by atoms with Crippen LogP contribution in [0.25, 0.3) is 0 Å². The van der Waals surface area contributed by atoms with Crippen molar-refractivity contribution in [1.29, 1.82) is 0 Å². The number of nitrogens with zero attached hydrogens (tertiary/aromatic N) is 4. The van der Waals surface area contributed by atoms with Gasteiger partial charge in [-0.3, -0.25) is 4.79 Å². The van der Waals surface area contributed by atoms with Gasteiger partial charge in [-0.15, -0.1) is 0 Å². The Balaban J connectivity index is 1.36. The van der Waals surface area contributed by atoms with Gasteiger partial charge in [0.05, 0.1) is 5.56 Å². The maximum atomic E-state index is 13.3. The summed E-state index contributed by atoms with van der Waals surface area (Å²) in [6.07, 6.45) is 2.86. The van der Waals surface area contributed by atoms with E-state index >= 15 is 0 Å². The first-order valence-corrected chi connectivity index (χ1v) is 9.23. The SMILES string of the molecule is O=C(Nc1ccc(F)c(F)c1)c1cnc(N2CCN(c3ccccc3)CC2)nc1. The molecule has 148 valence electrons. The summed E-state index contributed by atoms with van der Waals surface area (Å²) in [5, 5.41) is 2.50. The Kier molecular flexibility index (Phi) is 5.33. The highest BCUT2D eigenvalue weighted by Gasteiger charge is 2.19. The fourth-order valence-corrected chi connectivity index (χ4v) is 3.18. The molecule has 8 heteroatoms. The summed E-state index contributed by atoms with van der Waals surface area (Å²) in [4.78, 5) is 25.2. The summed E-state index contributed by atoms with van der Waals surface area (Å²) in [5.41, 5.74) is 1.59. The van der Waals surface area contributed by atoms with Gasteiger partial charge in [0.1, 0.15) is 0 Å². The maximum Gasteiger partial charge on any atom is 0.258 e. The lowest BCUT2D eigenvalue weighted by atomic mass is 10.2. The molecule has 2 heterocycles. The van der Waals surface area contributed by atoms with E-state index < -0.39 is 17.5 Å². The lowest BCUT2D eigenvalue weighted by Gasteiger charge is -2.36. The number of para-hydroxylation sites is 1. The third-order valence-corrected chi connectivity index (χ3v) is 4.76. The van der Waals surface area contributed by atoms with Gasteiger partial charge in [-0.25, -0.2) is 18.7 Å². The van der Waals surface area contributed by atoms with Gasteiger partial charge in [-0.05, 0) is 24.3 Å². The first-order chi connectivity index (χ1) is 14.1. The Hall–Kier alpha value is -3.55. The Morgan fingerprint density at radius 2 is 1.52 bits per heavy atom. The lowest BCUT2D eigenvalue weighted by Crippen LogP contribution is -2.47. The van der Waals surface area contributed by atoms with E-state index in [-0.39, 0.29) is 11.3 Å². The van der Waals surface area contributed by atoms with Crippen LogP contribution in [0.2, 0.25) is 0 Å². The number of aromatic nitrogens is 2. The van der Waals surface area contributed by atoms with Crippen LogP contribution in [0.1, 0.15) is 10.4 Å². The quantitative estimate of drug-likeness (QED) is 0.734. The number of halogens is 2. The van der Waals surface area contributed by atoms with Gasteiger partial charge in [0.25, 0.3) is 5.91 Å². The normalized spacial score (nSPS) is 14.0. The summed E-state index contributed by atoms with van der Waals surface area (Å²) >= 11 is 0. The molecule has 6 nitrogen and oxygen atoms in total. The molecule has 1 aliphatic rings. The number of amides is 1. The zero-order valence-electron chi connectivity index (χ0n) is 15.6. The number of hydrogen-bond acceptors (Lipinski definition) is 5. The highest BCUT2D eigenvalue weighted by atomic mass is 19.2. The van der Waals surface area contributed by atoms with Crippen molar-refractivity contribution >= 4 is 23.2 Å². The van der Waals surface area contributed by atoms with E-state index in [1.807, 2.05) is 18.2 Å². The molecule has 1 fully saturated rings. The van der Waals surface area contributed by atoms with E-state index in [4.69, 9.17) is 0 Å². The molecule has 1 saturated heterocycles. The number of piperazine rings is 1. The molecule has 1 N–H and O–H groups in total. The van der Waals surface area contributed by atoms with Crippen LogP contribution in [0.3, 0.4) is 0 Å². The van der Waals surface area contributed by atoms with Gasteiger partial charge in [-0.2, -0.15) is 0 Å². The molecule has 4 rings (SSSR count). The Morgan fingerprint density at radius 1 is 0.862 bits per heavy atom. The summed E-state index contributed by atoms with van der Waals surface area (Å²) in [6.45, 7) is 3.25. The van der Waals surface area contributed by atoms with Crippen molar-refractivity contribution in [1.82, 2.24) is 9.97 Å². The van der Waals surface area contributed by atoms with E-state index in [2.05, 4.69) is 37.2 Å². The van der Waals surface area contributed by atoms with Crippen LogP contribution in [-0.4, -0.2) is 42.1 Å². The minimum atomic E-state index is -1.02. The van der Waals surface area contributed by atoms with Gasteiger partial charge in [0, 0.05) is 56.0 Å². The Bertz CT molecular complexity index is 990. The first-order valence-electron chi connectivity index (χ1n) is 9.23. The van der Waals surface area contributed by atoms with Crippen LogP contribution in [-0.2, 0) is 0 Å². The smallest absolute Gasteiger partial charge is 0.258 e. The van der Waals surface area contributed by atoms with Crippen LogP contribution in [0.5, 0.6) is 0 Å². The average Bonchev–Trinajstić information content (AvgIpc) is 2.77. The molecule has 0 bridgehead atoms. The number of carbonyl (C=O) groups is 1. The molecule has 1 aliphatic heterocycles. The number of anilines is 3. The van der Waals surface area contributed by atoms with E-state index in [1.165, 1.54) is 24.1 Å². The first kappa shape index (κ1) is 18.8. The monoisotopic (exact) mass is 395 g/mol. The predicted octanol–water partition coefficient (Wildman–Crippen LogP) is 3.33. The van der Waals surface area contributed by atoms with Gasteiger partial charge in [-0.1, -0.05) is 18.2 Å². The highest BCUT2D eigenvalue weighted by molar-refractivity contribution is 6.03. The van der Waals surface area contributed by atoms with Gasteiger partial charge in [0.2, 0.25) is 5.95 Å². The van der Waals surface area contributed by atoms with Gasteiger partial charge in [0.15, 0.2) is 11.6 Å². The lowest BCUT2D eigenvalue weighted by molar-refractivity contribution is 0.102. The second-order valence-corrected chi connectivity index (χ2v) is 6.66. The topological polar surface area (TPSA) is 61.4 Å². The number of carbonyl (C=O) groups excluding carboxylic acids is 1. The third-order valence-electron chi connectivity index (χ3n) is 4.76. The van der Waals surface area contributed by atoms with Crippen molar-refractivity contribution in [3.63, 3.8) is 0 Å². The number of benzene rings is 2.